The number of halogens is 4. The average molecular weight is 390 g/mol. The van der Waals surface area contributed by atoms with Gasteiger partial charge in [0.2, 0.25) is 5.91 Å². The number of rotatable bonds is 7. The SMILES string of the molecule is CN(CC(=O)Nc1ncc(Cl)cc1Cl)Cc1ccc(OC(F)F)cc1. The van der Waals surface area contributed by atoms with E-state index in [9.17, 15) is 13.6 Å². The molecule has 0 aliphatic rings. The lowest BCUT2D eigenvalue weighted by Gasteiger charge is -2.16. The molecule has 0 fully saturated rings. The summed E-state index contributed by atoms with van der Waals surface area (Å²) < 4.78 is 28.5. The number of amides is 1. The van der Waals surface area contributed by atoms with Gasteiger partial charge in [-0.1, -0.05) is 35.3 Å². The van der Waals surface area contributed by atoms with Crippen LogP contribution in [0.1, 0.15) is 5.56 Å². The Morgan fingerprint density at radius 2 is 2.00 bits per heavy atom. The van der Waals surface area contributed by atoms with Crippen LogP contribution in [0.25, 0.3) is 0 Å². The molecule has 0 unspecified atom stereocenters. The van der Waals surface area contributed by atoms with E-state index < -0.39 is 6.61 Å². The van der Waals surface area contributed by atoms with Crippen LogP contribution < -0.4 is 10.1 Å². The van der Waals surface area contributed by atoms with E-state index in [0.717, 1.165) is 5.56 Å². The van der Waals surface area contributed by atoms with Crippen LogP contribution in [0.15, 0.2) is 36.5 Å². The molecule has 5 nitrogen and oxygen atoms in total. The molecule has 25 heavy (non-hydrogen) atoms. The van der Waals surface area contributed by atoms with Gasteiger partial charge in [0.1, 0.15) is 5.75 Å². The fourth-order valence-corrected chi connectivity index (χ4v) is 2.49. The number of aromatic nitrogens is 1. The average Bonchev–Trinajstić information content (AvgIpc) is 2.51. The molecule has 134 valence electrons. The van der Waals surface area contributed by atoms with E-state index in [1.54, 1.807) is 24.1 Å². The van der Waals surface area contributed by atoms with E-state index in [2.05, 4.69) is 15.0 Å². The topological polar surface area (TPSA) is 54.5 Å². The largest absolute Gasteiger partial charge is 0.435 e. The summed E-state index contributed by atoms with van der Waals surface area (Å²) in [6, 6.07) is 7.70. The molecule has 9 heteroatoms. The summed E-state index contributed by atoms with van der Waals surface area (Å²) in [7, 11) is 1.75. The molecular weight excluding hydrogens is 375 g/mol. The first-order chi connectivity index (χ1) is 11.8. The molecule has 0 saturated carbocycles. The molecule has 0 bridgehead atoms. The van der Waals surface area contributed by atoms with E-state index in [0.29, 0.717) is 11.6 Å². The van der Waals surface area contributed by atoms with Crippen molar-refractivity contribution in [1.29, 1.82) is 0 Å². The van der Waals surface area contributed by atoms with Crippen molar-refractivity contribution in [2.24, 2.45) is 0 Å². The maximum absolute atomic E-state index is 12.1. The number of nitrogens with one attached hydrogen (secondary N) is 1. The van der Waals surface area contributed by atoms with Crippen LogP contribution >= 0.6 is 23.2 Å². The van der Waals surface area contributed by atoms with Gasteiger partial charge < -0.3 is 10.1 Å². The molecule has 2 rings (SSSR count). The second-order valence-corrected chi connectivity index (χ2v) is 6.07. The number of alkyl halides is 2. The normalized spacial score (nSPS) is 11.0. The standard InChI is InChI=1S/C16H15Cl2F2N3O2/c1-23(8-10-2-4-12(5-3-10)25-16(19)20)9-14(24)22-15-13(18)6-11(17)7-21-15/h2-7,16H,8-9H2,1H3,(H,21,22,24). The van der Waals surface area contributed by atoms with Gasteiger partial charge in [0.05, 0.1) is 16.6 Å². The van der Waals surface area contributed by atoms with Crippen molar-refractivity contribution in [1.82, 2.24) is 9.88 Å². The third-order valence-corrected chi connectivity index (χ3v) is 3.57. The minimum Gasteiger partial charge on any atom is -0.435 e. The molecule has 0 radical (unpaired) electrons. The number of benzene rings is 1. The first kappa shape index (κ1) is 19.4. The fourth-order valence-electron chi connectivity index (χ4n) is 2.07. The summed E-state index contributed by atoms with van der Waals surface area (Å²) in [6.07, 6.45) is 1.38. The number of anilines is 1. The molecule has 0 saturated heterocycles. The molecule has 2 aromatic rings. The lowest BCUT2D eigenvalue weighted by atomic mass is 10.2. The number of likely N-dealkylation sites (N-methyl/N-ethyl adjacent to an activating group) is 1. The highest BCUT2D eigenvalue weighted by Gasteiger charge is 2.11. The summed E-state index contributed by atoms with van der Waals surface area (Å²) in [5.41, 5.74) is 0.847. The first-order valence-corrected chi connectivity index (χ1v) is 7.92. The number of pyridine rings is 1. The van der Waals surface area contributed by atoms with Gasteiger partial charge in [-0.25, -0.2) is 4.98 Å². The van der Waals surface area contributed by atoms with Gasteiger partial charge in [-0.15, -0.1) is 0 Å². The van der Waals surface area contributed by atoms with Crippen LogP contribution in [0.2, 0.25) is 10.0 Å². The monoisotopic (exact) mass is 389 g/mol. The van der Waals surface area contributed by atoms with Crippen LogP contribution in [-0.4, -0.2) is 36.0 Å². The zero-order valence-corrected chi connectivity index (χ0v) is 14.7. The highest BCUT2D eigenvalue weighted by atomic mass is 35.5. The van der Waals surface area contributed by atoms with Crippen molar-refractivity contribution < 1.29 is 18.3 Å². The van der Waals surface area contributed by atoms with Crippen molar-refractivity contribution in [3.8, 4) is 5.75 Å². The van der Waals surface area contributed by atoms with Gasteiger partial charge >= 0.3 is 6.61 Å². The molecule has 0 aliphatic carbocycles. The van der Waals surface area contributed by atoms with Crippen LogP contribution in [-0.2, 0) is 11.3 Å². The lowest BCUT2D eigenvalue weighted by Crippen LogP contribution is -2.30. The van der Waals surface area contributed by atoms with Gasteiger partial charge in [0.25, 0.3) is 0 Å². The number of carbonyl (C=O) groups excluding carboxylic acids is 1. The van der Waals surface area contributed by atoms with Crippen molar-refractivity contribution in [2.45, 2.75) is 13.2 Å². The van der Waals surface area contributed by atoms with Crippen LogP contribution in [0, 0.1) is 0 Å². The van der Waals surface area contributed by atoms with Crippen molar-refractivity contribution in [3.63, 3.8) is 0 Å². The van der Waals surface area contributed by atoms with E-state index in [-0.39, 0.29) is 29.0 Å². The molecule has 0 spiro atoms. The summed E-state index contributed by atoms with van der Waals surface area (Å²) in [4.78, 5) is 17.7. The lowest BCUT2D eigenvalue weighted by molar-refractivity contribution is -0.117. The highest BCUT2D eigenvalue weighted by Crippen LogP contribution is 2.22. The zero-order chi connectivity index (χ0) is 18.4. The van der Waals surface area contributed by atoms with Gasteiger partial charge in [0.15, 0.2) is 5.82 Å². The predicted octanol–water partition coefficient (Wildman–Crippen LogP) is 4.06. The fraction of sp³-hybridized carbons (Fsp3) is 0.250. The molecule has 1 N–H and O–H groups in total. The Hall–Kier alpha value is -1.96. The Bertz CT molecular complexity index is 730. The van der Waals surface area contributed by atoms with Crippen LogP contribution in [0.4, 0.5) is 14.6 Å². The summed E-state index contributed by atoms with van der Waals surface area (Å²) in [5, 5.41) is 3.22. The smallest absolute Gasteiger partial charge is 0.387 e. The third kappa shape index (κ3) is 6.45. The Morgan fingerprint density at radius 3 is 2.60 bits per heavy atom. The van der Waals surface area contributed by atoms with Gasteiger partial charge in [-0.3, -0.25) is 9.69 Å². The van der Waals surface area contributed by atoms with E-state index >= 15 is 0 Å². The maximum Gasteiger partial charge on any atom is 0.387 e. The molecule has 0 atom stereocenters. The van der Waals surface area contributed by atoms with E-state index in [4.69, 9.17) is 23.2 Å². The Kier molecular flexibility index (Phi) is 6.92. The number of hydrogen-bond donors (Lipinski definition) is 1. The van der Waals surface area contributed by atoms with Gasteiger partial charge in [-0.2, -0.15) is 8.78 Å². The van der Waals surface area contributed by atoms with Crippen molar-refractivity contribution in [2.75, 3.05) is 18.9 Å². The van der Waals surface area contributed by atoms with E-state index in [1.165, 1.54) is 24.4 Å². The summed E-state index contributed by atoms with van der Waals surface area (Å²) in [5.74, 6) is 0.0254. The van der Waals surface area contributed by atoms with Gasteiger partial charge in [0, 0.05) is 12.7 Å². The van der Waals surface area contributed by atoms with Crippen molar-refractivity contribution >= 4 is 34.9 Å². The number of hydrogen-bond acceptors (Lipinski definition) is 4. The van der Waals surface area contributed by atoms with E-state index in [1.807, 2.05) is 0 Å². The zero-order valence-electron chi connectivity index (χ0n) is 13.2. The quantitative estimate of drug-likeness (QED) is 0.775. The maximum atomic E-state index is 12.1. The minimum atomic E-state index is -2.86. The number of nitrogens with zero attached hydrogens (tertiary/aromatic N) is 2. The molecular formula is C16H15Cl2F2N3O2. The Morgan fingerprint density at radius 1 is 1.32 bits per heavy atom. The molecule has 1 amide bonds. The molecule has 1 heterocycles. The predicted molar refractivity (Wildman–Crippen MR) is 92.3 cm³/mol. The Balaban J connectivity index is 1.86. The summed E-state index contributed by atoms with van der Waals surface area (Å²) >= 11 is 11.7. The summed E-state index contributed by atoms with van der Waals surface area (Å²) in [6.45, 7) is -2.31. The number of ether oxygens (including phenoxy) is 1. The first-order valence-electron chi connectivity index (χ1n) is 7.16. The third-order valence-electron chi connectivity index (χ3n) is 3.08. The Labute approximate surface area is 153 Å². The minimum absolute atomic E-state index is 0.0857. The second-order valence-electron chi connectivity index (χ2n) is 5.23. The van der Waals surface area contributed by atoms with Crippen LogP contribution in [0.3, 0.4) is 0 Å². The molecule has 0 aliphatic heterocycles. The van der Waals surface area contributed by atoms with Crippen LogP contribution in [0.5, 0.6) is 5.75 Å². The second kappa shape index (κ2) is 8.94. The van der Waals surface area contributed by atoms with Gasteiger partial charge in [-0.05, 0) is 30.8 Å². The number of carbonyl (C=O) groups is 1. The van der Waals surface area contributed by atoms with Crippen molar-refractivity contribution in [3.05, 3.63) is 52.1 Å². The molecule has 1 aromatic carbocycles. The highest BCUT2D eigenvalue weighted by molar-refractivity contribution is 6.36. The molecule has 1 aromatic heterocycles.